The third kappa shape index (κ3) is 2.46. The third-order valence-corrected chi connectivity index (χ3v) is 4.02. The van der Waals surface area contributed by atoms with Crippen LogP contribution < -0.4 is 0 Å². The van der Waals surface area contributed by atoms with Crippen molar-refractivity contribution in [2.75, 3.05) is 7.05 Å². The van der Waals surface area contributed by atoms with Crippen LogP contribution in [0.15, 0.2) is 40.9 Å². The van der Waals surface area contributed by atoms with Crippen molar-refractivity contribution in [1.82, 2.24) is 10.1 Å². The Bertz CT molecular complexity index is 602. The number of carbonyl (C=O) groups is 1. The second-order valence-corrected chi connectivity index (χ2v) is 5.44. The molecule has 0 spiro atoms. The summed E-state index contributed by atoms with van der Waals surface area (Å²) in [4.78, 5) is 14.1. The van der Waals surface area contributed by atoms with Gasteiger partial charge in [0.2, 0.25) is 0 Å². The van der Waals surface area contributed by atoms with Gasteiger partial charge in [-0.15, -0.1) is 0 Å². The average molecular weight is 270 g/mol. The van der Waals surface area contributed by atoms with Gasteiger partial charge in [-0.3, -0.25) is 4.79 Å². The Balaban J connectivity index is 1.77. The van der Waals surface area contributed by atoms with E-state index in [1.54, 1.807) is 11.0 Å². The average Bonchev–Trinajstić information content (AvgIpc) is 3.22. The van der Waals surface area contributed by atoms with Gasteiger partial charge in [0.15, 0.2) is 11.5 Å². The first kappa shape index (κ1) is 12.9. The van der Waals surface area contributed by atoms with E-state index in [1.807, 2.05) is 37.4 Å². The van der Waals surface area contributed by atoms with E-state index in [2.05, 4.69) is 12.1 Å². The van der Waals surface area contributed by atoms with Gasteiger partial charge in [0.1, 0.15) is 0 Å². The van der Waals surface area contributed by atoms with E-state index in [0.29, 0.717) is 17.4 Å². The SMILES string of the molecule is CC(C1CC1)N(C)C(=O)c1cc(-c2ccccc2)on1. The molecule has 1 aromatic carbocycles. The largest absolute Gasteiger partial charge is 0.355 e. The smallest absolute Gasteiger partial charge is 0.276 e. The number of carbonyl (C=O) groups excluding carboxylic acids is 1. The summed E-state index contributed by atoms with van der Waals surface area (Å²) >= 11 is 0. The molecule has 0 aliphatic heterocycles. The lowest BCUT2D eigenvalue weighted by Crippen LogP contribution is -2.36. The zero-order valence-corrected chi connectivity index (χ0v) is 11.7. The summed E-state index contributed by atoms with van der Waals surface area (Å²) < 4.78 is 5.28. The highest BCUT2D eigenvalue weighted by Crippen LogP contribution is 2.35. The van der Waals surface area contributed by atoms with E-state index in [9.17, 15) is 4.79 Å². The van der Waals surface area contributed by atoms with Crippen molar-refractivity contribution in [2.45, 2.75) is 25.8 Å². The first-order valence-corrected chi connectivity index (χ1v) is 6.96. The summed E-state index contributed by atoms with van der Waals surface area (Å²) in [5.74, 6) is 1.20. The number of hydrogen-bond donors (Lipinski definition) is 0. The summed E-state index contributed by atoms with van der Waals surface area (Å²) in [6.45, 7) is 2.09. The number of hydrogen-bond acceptors (Lipinski definition) is 3. The molecule has 3 rings (SSSR count). The van der Waals surface area contributed by atoms with Gasteiger partial charge < -0.3 is 9.42 Å². The van der Waals surface area contributed by atoms with Crippen LogP contribution in [0.2, 0.25) is 0 Å². The molecule has 1 aromatic heterocycles. The lowest BCUT2D eigenvalue weighted by Gasteiger charge is -2.23. The van der Waals surface area contributed by atoms with Crippen LogP contribution in [0.5, 0.6) is 0 Å². The predicted molar refractivity (Wildman–Crippen MR) is 76.2 cm³/mol. The van der Waals surface area contributed by atoms with E-state index in [1.165, 1.54) is 12.8 Å². The highest BCUT2D eigenvalue weighted by atomic mass is 16.5. The van der Waals surface area contributed by atoms with E-state index in [0.717, 1.165) is 5.56 Å². The van der Waals surface area contributed by atoms with Crippen molar-refractivity contribution < 1.29 is 9.32 Å². The van der Waals surface area contributed by atoms with Gasteiger partial charge in [-0.25, -0.2) is 0 Å². The standard InChI is InChI=1S/C16H18N2O2/c1-11(12-8-9-12)18(2)16(19)14-10-15(20-17-14)13-6-4-3-5-7-13/h3-7,10-12H,8-9H2,1-2H3. The topological polar surface area (TPSA) is 46.3 Å². The minimum absolute atomic E-state index is 0.0738. The molecule has 1 unspecified atom stereocenters. The maximum absolute atomic E-state index is 12.4. The van der Waals surface area contributed by atoms with Crippen LogP contribution >= 0.6 is 0 Å². The Morgan fingerprint density at radius 1 is 1.35 bits per heavy atom. The van der Waals surface area contributed by atoms with Gasteiger partial charge in [0.25, 0.3) is 5.91 Å². The summed E-state index contributed by atoms with van der Waals surface area (Å²) in [7, 11) is 1.84. The quantitative estimate of drug-likeness (QED) is 0.857. The highest BCUT2D eigenvalue weighted by Gasteiger charge is 2.33. The number of nitrogens with zero attached hydrogens (tertiary/aromatic N) is 2. The van der Waals surface area contributed by atoms with Crippen LogP contribution in [0.25, 0.3) is 11.3 Å². The molecule has 1 aliphatic carbocycles. The lowest BCUT2D eigenvalue weighted by molar-refractivity contribution is 0.0717. The highest BCUT2D eigenvalue weighted by molar-refractivity contribution is 5.93. The summed E-state index contributed by atoms with van der Waals surface area (Å²) in [6, 6.07) is 11.7. The predicted octanol–water partition coefficient (Wildman–Crippen LogP) is 3.21. The van der Waals surface area contributed by atoms with E-state index >= 15 is 0 Å². The molecule has 1 amide bonds. The molecule has 1 fully saturated rings. The Morgan fingerprint density at radius 2 is 2.05 bits per heavy atom. The second kappa shape index (κ2) is 5.12. The molecule has 0 saturated heterocycles. The summed E-state index contributed by atoms with van der Waals surface area (Å²) in [5.41, 5.74) is 1.30. The summed E-state index contributed by atoms with van der Waals surface area (Å²) in [6.07, 6.45) is 2.43. The normalized spacial score (nSPS) is 15.9. The fourth-order valence-corrected chi connectivity index (χ4v) is 2.37. The van der Waals surface area contributed by atoms with Crippen LogP contribution in [0.1, 0.15) is 30.3 Å². The molecule has 0 N–H and O–H groups in total. The number of aromatic nitrogens is 1. The monoisotopic (exact) mass is 270 g/mol. The van der Waals surface area contributed by atoms with Crippen molar-refractivity contribution in [3.63, 3.8) is 0 Å². The lowest BCUT2D eigenvalue weighted by atomic mass is 10.1. The Hall–Kier alpha value is -2.10. The second-order valence-electron chi connectivity index (χ2n) is 5.44. The summed E-state index contributed by atoms with van der Waals surface area (Å²) in [5, 5.41) is 3.91. The zero-order chi connectivity index (χ0) is 14.1. The van der Waals surface area contributed by atoms with Gasteiger partial charge >= 0.3 is 0 Å². The van der Waals surface area contributed by atoms with Crippen LogP contribution in [0.3, 0.4) is 0 Å². The Labute approximate surface area is 118 Å². The molecule has 1 heterocycles. The molecule has 1 aliphatic rings. The van der Waals surface area contributed by atoms with Crippen molar-refractivity contribution in [1.29, 1.82) is 0 Å². The maximum Gasteiger partial charge on any atom is 0.276 e. The minimum atomic E-state index is -0.0738. The van der Waals surface area contributed by atoms with E-state index in [4.69, 9.17) is 4.52 Å². The number of amides is 1. The van der Waals surface area contributed by atoms with Crippen LogP contribution in [-0.2, 0) is 0 Å². The van der Waals surface area contributed by atoms with Gasteiger partial charge in [-0.1, -0.05) is 35.5 Å². The molecule has 1 saturated carbocycles. The van der Waals surface area contributed by atoms with Gasteiger partial charge in [0, 0.05) is 24.7 Å². The molecule has 0 radical (unpaired) electrons. The van der Waals surface area contributed by atoms with Crippen molar-refractivity contribution >= 4 is 5.91 Å². The minimum Gasteiger partial charge on any atom is -0.355 e. The van der Waals surface area contributed by atoms with E-state index in [-0.39, 0.29) is 11.9 Å². The fourth-order valence-electron chi connectivity index (χ4n) is 2.37. The first-order chi connectivity index (χ1) is 9.66. The first-order valence-electron chi connectivity index (χ1n) is 6.96. The molecule has 2 aromatic rings. The molecular formula is C16H18N2O2. The third-order valence-electron chi connectivity index (χ3n) is 4.02. The van der Waals surface area contributed by atoms with Gasteiger partial charge in [-0.05, 0) is 25.7 Å². The van der Waals surface area contributed by atoms with Crippen LogP contribution in [0.4, 0.5) is 0 Å². The molecule has 1 atom stereocenters. The maximum atomic E-state index is 12.4. The Morgan fingerprint density at radius 3 is 2.70 bits per heavy atom. The van der Waals surface area contributed by atoms with Crippen molar-refractivity contribution in [2.24, 2.45) is 5.92 Å². The van der Waals surface area contributed by atoms with Crippen molar-refractivity contribution in [3.05, 3.63) is 42.1 Å². The molecule has 4 nitrogen and oxygen atoms in total. The molecular weight excluding hydrogens is 252 g/mol. The van der Waals surface area contributed by atoms with Gasteiger partial charge in [0.05, 0.1) is 0 Å². The Kier molecular flexibility index (Phi) is 3.30. The number of rotatable bonds is 4. The number of benzene rings is 1. The van der Waals surface area contributed by atoms with E-state index < -0.39 is 0 Å². The van der Waals surface area contributed by atoms with Gasteiger partial charge in [-0.2, -0.15) is 0 Å². The van der Waals surface area contributed by atoms with Crippen molar-refractivity contribution in [3.8, 4) is 11.3 Å². The molecule has 20 heavy (non-hydrogen) atoms. The molecule has 104 valence electrons. The zero-order valence-electron chi connectivity index (χ0n) is 11.7. The van der Waals surface area contributed by atoms with Crippen LogP contribution in [0, 0.1) is 5.92 Å². The fraction of sp³-hybridized carbons (Fsp3) is 0.375. The molecule has 4 heteroatoms. The molecule has 0 bridgehead atoms. The van der Waals surface area contributed by atoms with Crippen LogP contribution in [-0.4, -0.2) is 29.1 Å².